The van der Waals surface area contributed by atoms with Crippen molar-refractivity contribution in [2.75, 3.05) is 31.1 Å². The molecule has 2 aliphatic heterocycles. The van der Waals surface area contributed by atoms with Crippen molar-refractivity contribution in [2.45, 2.75) is 32.4 Å². The van der Waals surface area contributed by atoms with Crippen LogP contribution in [0.4, 0.5) is 5.69 Å². The van der Waals surface area contributed by atoms with Crippen molar-refractivity contribution in [2.24, 2.45) is 16.6 Å². The monoisotopic (exact) mass is 509 g/mol. The van der Waals surface area contributed by atoms with Crippen molar-refractivity contribution in [1.29, 1.82) is 0 Å². The maximum atomic E-state index is 13.8. The molecule has 0 bridgehead atoms. The first-order valence-corrected chi connectivity index (χ1v) is 13.3. The normalized spacial score (nSPS) is 19.7. The van der Waals surface area contributed by atoms with Crippen LogP contribution in [0.15, 0.2) is 89.9 Å². The highest BCUT2D eigenvalue weighted by molar-refractivity contribution is 6.07. The lowest BCUT2D eigenvalue weighted by molar-refractivity contribution is -0.132. The number of piperazine rings is 1. The van der Waals surface area contributed by atoms with Crippen molar-refractivity contribution in [3.63, 3.8) is 0 Å². The molecular formula is C31H35N5O2. The Hall–Kier alpha value is -4.13. The summed E-state index contributed by atoms with van der Waals surface area (Å²) in [6.07, 6.45) is 0.570. The van der Waals surface area contributed by atoms with Gasteiger partial charge in [0.2, 0.25) is 0 Å². The average Bonchev–Trinajstić information content (AvgIpc) is 3.18. The van der Waals surface area contributed by atoms with Gasteiger partial charge in [-0.15, -0.1) is 0 Å². The predicted octanol–water partition coefficient (Wildman–Crippen LogP) is 4.25. The Kier molecular flexibility index (Phi) is 7.18. The summed E-state index contributed by atoms with van der Waals surface area (Å²) in [5, 5.41) is 0. The largest absolute Gasteiger partial charge is 0.369 e. The van der Waals surface area contributed by atoms with E-state index in [-0.39, 0.29) is 30.2 Å². The molecule has 1 unspecified atom stereocenters. The van der Waals surface area contributed by atoms with E-state index in [0.29, 0.717) is 25.1 Å². The van der Waals surface area contributed by atoms with E-state index in [1.807, 2.05) is 77.7 Å². The molecule has 3 aromatic rings. The number of anilines is 1. The zero-order valence-corrected chi connectivity index (χ0v) is 22.1. The topological polar surface area (TPSA) is 82.2 Å². The molecule has 5 rings (SSSR count). The third-order valence-electron chi connectivity index (χ3n) is 7.34. The van der Waals surface area contributed by atoms with Crippen LogP contribution < -0.4 is 10.6 Å². The van der Waals surface area contributed by atoms with Crippen molar-refractivity contribution >= 4 is 23.5 Å². The van der Waals surface area contributed by atoms with Gasteiger partial charge in [-0.1, -0.05) is 74.5 Å². The fraction of sp³-hybridized carbons (Fsp3) is 0.323. The molecule has 1 atom stereocenters. The Bertz CT molecular complexity index is 1320. The van der Waals surface area contributed by atoms with Gasteiger partial charge in [0, 0.05) is 37.4 Å². The molecule has 2 heterocycles. The molecule has 3 aromatic carbocycles. The van der Waals surface area contributed by atoms with Crippen LogP contribution in [-0.4, -0.2) is 53.8 Å². The highest BCUT2D eigenvalue weighted by Gasteiger charge is 2.49. The minimum Gasteiger partial charge on any atom is -0.369 e. The van der Waals surface area contributed by atoms with Gasteiger partial charge < -0.3 is 15.5 Å². The van der Waals surface area contributed by atoms with E-state index in [4.69, 9.17) is 10.7 Å². The smallest absolute Gasteiger partial charge is 0.262 e. The Labute approximate surface area is 224 Å². The third-order valence-corrected chi connectivity index (χ3v) is 7.34. The number of nitrogens with two attached hydrogens (primary N) is 1. The number of amides is 2. The van der Waals surface area contributed by atoms with E-state index in [0.717, 1.165) is 24.2 Å². The molecule has 1 saturated heterocycles. The third kappa shape index (κ3) is 5.01. The number of benzene rings is 3. The lowest BCUT2D eigenvalue weighted by Gasteiger charge is -2.36. The lowest BCUT2D eigenvalue weighted by atomic mass is 9.82. The first-order chi connectivity index (χ1) is 18.4. The van der Waals surface area contributed by atoms with E-state index in [2.05, 4.69) is 30.9 Å². The molecule has 1 fully saturated rings. The quantitative estimate of drug-likeness (QED) is 0.516. The second-order valence-electron chi connectivity index (χ2n) is 10.5. The van der Waals surface area contributed by atoms with Gasteiger partial charge in [0.1, 0.15) is 0 Å². The second-order valence-corrected chi connectivity index (χ2v) is 10.5. The molecular weight excluding hydrogens is 474 g/mol. The minimum absolute atomic E-state index is 0.00684. The number of carbonyl (C=O) groups excluding carboxylic acids is 2. The Morgan fingerprint density at radius 2 is 1.58 bits per heavy atom. The number of carbonyl (C=O) groups is 2. The van der Waals surface area contributed by atoms with Crippen LogP contribution in [0.1, 0.15) is 41.8 Å². The fourth-order valence-corrected chi connectivity index (χ4v) is 5.50. The Balaban J connectivity index is 1.30. The van der Waals surface area contributed by atoms with Crippen LogP contribution in [0, 0.1) is 5.92 Å². The van der Waals surface area contributed by atoms with Crippen molar-refractivity contribution in [3.8, 4) is 0 Å². The van der Waals surface area contributed by atoms with Crippen molar-refractivity contribution < 1.29 is 9.59 Å². The highest BCUT2D eigenvalue weighted by Crippen LogP contribution is 2.39. The minimum atomic E-state index is -1.02. The Morgan fingerprint density at radius 1 is 0.921 bits per heavy atom. The van der Waals surface area contributed by atoms with Crippen LogP contribution in [0.25, 0.3) is 0 Å². The molecule has 0 aliphatic carbocycles. The van der Waals surface area contributed by atoms with E-state index in [1.165, 1.54) is 5.69 Å². The SMILES string of the molecule is CC(C)CC1(c2ccccc2)N=C(N)N(Cc2cccc(C(=O)N3CCN(c4ccccc4)CC3)c2)C1=O. The summed E-state index contributed by atoms with van der Waals surface area (Å²) in [5.41, 5.74) is 8.83. The molecule has 0 saturated carbocycles. The van der Waals surface area contributed by atoms with Crippen LogP contribution in [0.5, 0.6) is 0 Å². The summed E-state index contributed by atoms with van der Waals surface area (Å²) in [6.45, 7) is 7.35. The highest BCUT2D eigenvalue weighted by atomic mass is 16.2. The lowest BCUT2D eigenvalue weighted by Crippen LogP contribution is -2.48. The van der Waals surface area contributed by atoms with Gasteiger partial charge in [-0.25, -0.2) is 4.99 Å². The van der Waals surface area contributed by atoms with Crippen LogP contribution >= 0.6 is 0 Å². The number of aliphatic imine (C=N–C) groups is 1. The summed E-state index contributed by atoms with van der Waals surface area (Å²) in [7, 11) is 0. The second kappa shape index (κ2) is 10.7. The first-order valence-electron chi connectivity index (χ1n) is 13.3. The van der Waals surface area contributed by atoms with Gasteiger partial charge >= 0.3 is 0 Å². The van der Waals surface area contributed by atoms with E-state index in [1.54, 1.807) is 4.90 Å². The van der Waals surface area contributed by atoms with E-state index in [9.17, 15) is 9.59 Å². The summed E-state index contributed by atoms with van der Waals surface area (Å²) < 4.78 is 0. The molecule has 0 aromatic heterocycles. The molecule has 196 valence electrons. The number of hydrogen-bond acceptors (Lipinski definition) is 5. The van der Waals surface area contributed by atoms with Gasteiger partial charge in [-0.2, -0.15) is 0 Å². The molecule has 38 heavy (non-hydrogen) atoms. The number of para-hydroxylation sites is 1. The molecule has 2 N–H and O–H groups in total. The molecule has 2 amide bonds. The zero-order chi connectivity index (χ0) is 26.7. The zero-order valence-electron chi connectivity index (χ0n) is 22.1. The van der Waals surface area contributed by atoms with E-state index >= 15 is 0 Å². The van der Waals surface area contributed by atoms with Gasteiger partial charge in [0.25, 0.3) is 11.8 Å². The van der Waals surface area contributed by atoms with Crippen molar-refractivity contribution in [3.05, 3.63) is 102 Å². The summed E-state index contributed by atoms with van der Waals surface area (Å²) in [4.78, 5) is 37.7. The molecule has 0 radical (unpaired) electrons. The standard InChI is InChI=1S/C31H35N5O2/c1-23(2)21-31(26-12-5-3-6-13-26)29(38)36(30(32)33-31)22-24-10-9-11-25(20-24)28(37)35-18-16-34(17-19-35)27-14-7-4-8-15-27/h3-15,20,23H,16-19,21-22H2,1-2H3,(H2,32,33). The predicted molar refractivity (Wildman–Crippen MR) is 151 cm³/mol. The van der Waals surface area contributed by atoms with E-state index < -0.39 is 5.54 Å². The number of hydrogen-bond donors (Lipinski definition) is 1. The summed E-state index contributed by atoms with van der Waals surface area (Å²) in [6, 6.07) is 27.5. The van der Waals surface area contributed by atoms with Crippen molar-refractivity contribution in [1.82, 2.24) is 9.80 Å². The van der Waals surface area contributed by atoms with Gasteiger partial charge in [-0.05, 0) is 47.7 Å². The van der Waals surface area contributed by atoms with Crippen LogP contribution in [-0.2, 0) is 16.9 Å². The summed E-state index contributed by atoms with van der Waals surface area (Å²) in [5.74, 6) is 0.350. The van der Waals surface area contributed by atoms with Crippen LogP contribution in [0.3, 0.4) is 0 Å². The molecule has 7 heteroatoms. The maximum absolute atomic E-state index is 13.8. The Morgan fingerprint density at radius 3 is 2.24 bits per heavy atom. The molecule has 2 aliphatic rings. The number of guanidine groups is 1. The maximum Gasteiger partial charge on any atom is 0.262 e. The van der Waals surface area contributed by atoms with Gasteiger partial charge in [0.05, 0.1) is 6.54 Å². The summed E-state index contributed by atoms with van der Waals surface area (Å²) >= 11 is 0. The fourth-order valence-electron chi connectivity index (χ4n) is 5.50. The molecule has 7 nitrogen and oxygen atoms in total. The first kappa shape index (κ1) is 25.5. The number of nitrogens with zero attached hydrogens (tertiary/aromatic N) is 4. The van der Waals surface area contributed by atoms with Gasteiger partial charge in [-0.3, -0.25) is 14.5 Å². The molecule has 0 spiro atoms. The van der Waals surface area contributed by atoms with Gasteiger partial charge in [0.15, 0.2) is 11.5 Å². The number of rotatable bonds is 7. The average molecular weight is 510 g/mol. The van der Waals surface area contributed by atoms with Crippen LogP contribution in [0.2, 0.25) is 0 Å².